The third kappa shape index (κ3) is 4.22. The molecule has 0 bridgehead atoms. The molecule has 0 saturated carbocycles. The van der Waals surface area contributed by atoms with Gasteiger partial charge in [-0.25, -0.2) is 0 Å². The maximum absolute atomic E-state index is 9.84. The van der Waals surface area contributed by atoms with Crippen LogP contribution in [0.3, 0.4) is 0 Å². The highest BCUT2D eigenvalue weighted by Crippen LogP contribution is 2.34. The molecule has 0 aromatic heterocycles. The second-order valence-corrected chi connectivity index (χ2v) is 6.23. The van der Waals surface area contributed by atoms with E-state index in [0.717, 1.165) is 5.56 Å². The van der Waals surface area contributed by atoms with E-state index in [4.69, 9.17) is 4.79 Å². The van der Waals surface area contributed by atoms with Gasteiger partial charge in [-0.05, 0) is 28.0 Å². The first kappa shape index (κ1) is 15.7. The average Bonchev–Trinajstić information content (AvgIpc) is 2.17. The zero-order valence-electron chi connectivity index (χ0n) is 11.8. The van der Waals surface area contributed by atoms with Gasteiger partial charge in [-0.2, -0.15) is 0 Å². The van der Waals surface area contributed by atoms with Crippen LogP contribution in [0, 0.1) is 0 Å². The first-order valence-corrected chi connectivity index (χ1v) is 5.75. The molecule has 0 heterocycles. The Morgan fingerprint density at radius 3 is 1.76 bits per heavy atom. The van der Waals surface area contributed by atoms with Crippen molar-refractivity contribution < 1.29 is 9.90 Å². The number of carbonyl (C=O) groups is 1. The molecule has 0 spiro atoms. The van der Waals surface area contributed by atoms with Crippen LogP contribution in [0.2, 0.25) is 0 Å². The van der Waals surface area contributed by atoms with Crippen LogP contribution >= 0.6 is 0 Å². The average molecular weight is 236 g/mol. The second kappa shape index (κ2) is 5.35. The minimum absolute atomic E-state index is 0.00859. The lowest BCUT2D eigenvalue weighted by atomic mass is 9.80. The van der Waals surface area contributed by atoms with Gasteiger partial charge in [-0.15, -0.1) is 0 Å². The molecule has 0 unspecified atom stereocenters. The summed E-state index contributed by atoms with van der Waals surface area (Å²) in [5.74, 6) is 0.399. The standard InChI is InChI=1S/C14H22O.CH2O/c1-13(2,3)10-7-8-12(15)11(9-10)14(4,5)6;1-2/h7-9,15H,1-6H3;1H2. The molecule has 1 aromatic carbocycles. The lowest BCUT2D eigenvalue weighted by molar-refractivity contribution is -0.0979. The van der Waals surface area contributed by atoms with Crippen LogP contribution < -0.4 is 0 Å². The molecule has 0 aliphatic heterocycles. The van der Waals surface area contributed by atoms with E-state index >= 15 is 0 Å². The van der Waals surface area contributed by atoms with Crippen molar-refractivity contribution in [1.29, 1.82) is 0 Å². The highest BCUT2D eigenvalue weighted by atomic mass is 16.3. The summed E-state index contributed by atoms with van der Waals surface area (Å²) < 4.78 is 0. The Hall–Kier alpha value is -1.31. The highest BCUT2D eigenvalue weighted by molar-refractivity contribution is 5.42. The minimum atomic E-state index is -0.00859. The minimum Gasteiger partial charge on any atom is -0.508 e. The Morgan fingerprint density at radius 1 is 0.941 bits per heavy atom. The number of hydrogen-bond acceptors (Lipinski definition) is 2. The third-order valence-corrected chi connectivity index (χ3v) is 2.67. The molecule has 17 heavy (non-hydrogen) atoms. The van der Waals surface area contributed by atoms with E-state index < -0.39 is 0 Å². The Bertz CT molecular complexity index is 367. The highest BCUT2D eigenvalue weighted by Gasteiger charge is 2.21. The molecular weight excluding hydrogens is 212 g/mol. The molecule has 0 aliphatic rings. The molecule has 0 aliphatic carbocycles. The number of hydrogen-bond donors (Lipinski definition) is 1. The summed E-state index contributed by atoms with van der Waals surface area (Å²) in [5, 5.41) is 9.84. The molecule has 1 aromatic rings. The van der Waals surface area contributed by atoms with Crippen molar-refractivity contribution in [3.05, 3.63) is 29.3 Å². The first-order chi connectivity index (χ1) is 7.62. The van der Waals surface area contributed by atoms with Gasteiger partial charge in [0, 0.05) is 0 Å². The fourth-order valence-corrected chi connectivity index (χ4v) is 1.60. The monoisotopic (exact) mass is 236 g/mol. The summed E-state index contributed by atoms with van der Waals surface area (Å²) in [4.78, 5) is 8.00. The number of aromatic hydroxyl groups is 1. The van der Waals surface area contributed by atoms with Gasteiger partial charge in [-0.3, -0.25) is 0 Å². The van der Waals surface area contributed by atoms with Crippen LogP contribution in [-0.2, 0) is 15.6 Å². The summed E-state index contributed by atoms with van der Waals surface area (Å²) in [7, 11) is 0. The van der Waals surface area contributed by atoms with E-state index in [-0.39, 0.29) is 10.8 Å². The molecule has 0 amide bonds. The largest absolute Gasteiger partial charge is 0.508 e. The number of carbonyl (C=O) groups excluding carboxylic acids is 1. The van der Waals surface area contributed by atoms with Crippen LogP contribution in [0.5, 0.6) is 5.75 Å². The number of benzene rings is 1. The number of phenols is 1. The van der Waals surface area contributed by atoms with Gasteiger partial charge >= 0.3 is 0 Å². The predicted octanol–water partition coefficient (Wildman–Crippen LogP) is 3.80. The van der Waals surface area contributed by atoms with E-state index in [0.29, 0.717) is 5.75 Å². The quantitative estimate of drug-likeness (QED) is 0.744. The normalized spacial score (nSPS) is 11.6. The van der Waals surface area contributed by atoms with Crippen molar-refractivity contribution in [2.75, 3.05) is 0 Å². The van der Waals surface area contributed by atoms with E-state index in [1.807, 2.05) is 12.9 Å². The van der Waals surface area contributed by atoms with E-state index in [1.165, 1.54) is 5.56 Å². The van der Waals surface area contributed by atoms with Crippen molar-refractivity contribution in [3.63, 3.8) is 0 Å². The summed E-state index contributed by atoms with van der Waals surface area (Å²) in [6.45, 7) is 14.9. The van der Waals surface area contributed by atoms with Crippen molar-refractivity contribution in [2.24, 2.45) is 0 Å². The third-order valence-electron chi connectivity index (χ3n) is 2.67. The molecule has 96 valence electrons. The summed E-state index contributed by atoms with van der Waals surface area (Å²) in [6, 6.07) is 5.93. The smallest absolute Gasteiger partial charge is 0.119 e. The zero-order chi connectivity index (χ0) is 13.9. The first-order valence-electron chi connectivity index (χ1n) is 5.75. The topological polar surface area (TPSA) is 37.3 Å². The van der Waals surface area contributed by atoms with E-state index in [2.05, 4.69) is 47.6 Å². The molecule has 1 N–H and O–H groups in total. The van der Waals surface area contributed by atoms with Crippen molar-refractivity contribution in [3.8, 4) is 5.75 Å². The van der Waals surface area contributed by atoms with Gasteiger partial charge in [0.25, 0.3) is 0 Å². The Morgan fingerprint density at radius 2 is 1.41 bits per heavy atom. The van der Waals surface area contributed by atoms with Gasteiger partial charge in [0.1, 0.15) is 12.5 Å². The van der Waals surface area contributed by atoms with Gasteiger partial charge in [-0.1, -0.05) is 53.7 Å². The van der Waals surface area contributed by atoms with Crippen LogP contribution in [0.1, 0.15) is 52.7 Å². The fourth-order valence-electron chi connectivity index (χ4n) is 1.60. The zero-order valence-corrected chi connectivity index (χ0v) is 11.8. The SMILES string of the molecule is C=O.CC(C)(C)c1ccc(O)c(C(C)(C)C)c1. The van der Waals surface area contributed by atoms with Crippen molar-refractivity contribution >= 4 is 6.79 Å². The number of rotatable bonds is 0. The molecule has 2 nitrogen and oxygen atoms in total. The van der Waals surface area contributed by atoms with Gasteiger partial charge in [0.15, 0.2) is 0 Å². The summed E-state index contributed by atoms with van der Waals surface area (Å²) in [6.07, 6.45) is 0. The molecular formula is C15H24O2. The van der Waals surface area contributed by atoms with E-state index in [1.54, 1.807) is 6.07 Å². The van der Waals surface area contributed by atoms with Crippen molar-refractivity contribution in [2.45, 2.75) is 52.4 Å². The lowest BCUT2D eigenvalue weighted by Gasteiger charge is -2.25. The molecule has 1 rings (SSSR count). The predicted molar refractivity (Wildman–Crippen MR) is 72.6 cm³/mol. The van der Waals surface area contributed by atoms with Crippen LogP contribution in [0.25, 0.3) is 0 Å². The van der Waals surface area contributed by atoms with E-state index in [9.17, 15) is 5.11 Å². The van der Waals surface area contributed by atoms with Gasteiger partial charge in [0.2, 0.25) is 0 Å². The molecule has 0 saturated heterocycles. The van der Waals surface area contributed by atoms with Crippen LogP contribution in [-0.4, -0.2) is 11.9 Å². The van der Waals surface area contributed by atoms with Crippen molar-refractivity contribution in [1.82, 2.24) is 0 Å². The van der Waals surface area contributed by atoms with Crippen LogP contribution in [0.15, 0.2) is 18.2 Å². The summed E-state index contributed by atoms with van der Waals surface area (Å²) in [5.41, 5.74) is 2.42. The maximum Gasteiger partial charge on any atom is 0.119 e. The molecule has 2 heteroatoms. The fraction of sp³-hybridized carbons (Fsp3) is 0.533. The molecule has 0 atom stereocenters. The molecule has 0 fully saturated rings. The van der Waals surface area contributed by atoms with Gasteiger partial charge in [0.05, 0.1) is 0 Å². The lowest BCUT2D eigenvalue weighted by Crippen LogP contribution is -2.16. The Labute approximate surface area is 105 Å². The Kier molecular flexibility index (Phi) is 4.94. The second-order valence-electron chi connectivity index (χ2n) is 6.23. The Balaban J connectivity index is 0.00000121. The van der Waals surface area contributed by atoms with Gasteiger partial charge < -0.3 is 9.90 Å². The summed E-state index contributed by atoms with van der Waals surface area (Å²) >= 11 is 0. The van der Waals surface area contributed by atoms with Crippen LogP contribution in [0.4, 0.5) is 0 Å². The molecule has 0 radical (unpaired) electrons. The maximum atomic E-state index is 9.84. The number of phenolic OH excluding ortho intramolecular Hbond substituents is 1.